The molecule has 1 heterocycles. The van der Waals surface area contributed by atoms with Crippen LogP contribution < -0.4 is 4.74 Å². The molecule has 24 heavy (non-hydrogen) atoms. The molecule has 128 valence electrons. The van der Waals surface area contributed by atoms with E-state index < -0.39 is 11.4 Å². The zero-order chi connectivity index (χ0) is 17.3. The van der Waals surface area contributed by atoms with Gasteiger partial charge in [-0.3, -0.25) is 4.79 Å². The Morgan fingerprint density at radius 3 is 2.67 bits per heavy atom. The molecule has 0 radical (unpaired) electrons. The largest absolute Gasteiger partial charge is 0.506 e. The Morgan fingerprint density at radius 2 is 2.04 bits per heavy atom. The zero-order valence-electron chi connectivity index (χ0n) is 13.8. The number of ether oxygens (including phenoxy) is 3. The molecule has 1 saturated heterocycles. The topological polar surface area (TPSA) is 82.1 Å². The lowest BCUT2D eigenvalue weighted by Crippen LogP contribution is -2.46. The number of carbonyl (C=O) groups is 2. The van der Waals surface area contributed by atoms with E-state index in [9.17, 15) is 14.7 Å². The number of hydrogen-bond donors (Lipinski definition) is 1. The van der Waals surface area contributed by atoms with E-state index in [0.717, 1.165) is 0 Å². The first-order valence-electron chi connectivity index (χ1n) is 7.97. The number of aliphatic hydroxyl groups is 1. The highest BCUT2D eigenvalue weighted by Crippen LogP contribution is 2.46. The molecule has 6 nitrogen and oxygen atoms in total. The summed E-state index contributed by atoms with van der Waals surface area (Å²) in [5.41, 5.74) is 0.00863. The molecule has 1 N–H and O–H groups in total. The van der Waals surface area contributed by atoms with Crippen molar-refractivity contribution in [3.8, 4) is 5.75 Å². The van der Waals surface area contributed by atoms with Gasteiger partial charge in [0.15, 0.2) is 5.78 Å². The Bertz CT molecular complexity index is 712. The van der Waals surface area contributed by atoms with E-state index in [-0.39, 0.29) is 23.7 Å². The maximum atomic E-state index is 13.1. The minimum absolute atomic E-state index is 0.129. The van der Waals surface area contributed by atoms with Gasteiger partial charge < -0.3 is 19.3 Å². The highest BCUT2D eigenvalue weighted by molar-refractivity contribution is 6.27. The molecule has 0 saturated carbocycles. The summed E-state index contributed by atoms with van der Waals surface area (Å²) in [6.45, 7) is 2.64. The van der Waals surface area contributed by atoms with Crippen molar-refractivity contribution in [2.75, 3.05) is 26.9 Å². The highest BCUT2D eigenvalue weighted by Gasteiger charge is 2.50. The van der Waals surface area contributed by atoms with Crippen molar-refractivity contribution >= 4 is 17.5 Å². The number of Topliss-reactive ketones (excluding diaryl/α,β-unsaturated/α-hetero) is 1. The van der Waals surface area contributed by atoms with Crippen molar-refractivity contribution in [2.45, 2.75) is 25.2 Å². The molecule has 0 unspecified atom stereocenters. The van der Waals surface area contributed by atoms with Crippen molar-refractivity contribution in [1.29, 1.82) is 0 Å². The Labute approximate surface area is 140 Å². The summed E-state index contributed by atoms with van der Waals surface area (Å²) in [4.78, 5) is 25.4. The first kappa shape index (κ1) is 16.5. The molecule has 1 aromatic rings. The first-order valence-corrected chi connectivity index (χ1v) is 7.97. The number of fused-ring (bicyclic) bond motifs is 2. The average molecular weight is 332 g/mol. The smallest absolute Gasteiger partial charge is 0.345 e. The molecule has 6 heteroatoms. The summed E-state index contributed by atoms with van der Waals surface area (Å²) in [6.07, 6.45) is 0.919. The normalized spacial score (nSPS) is 19.2. The van der Waals surface area contributed by atoms with Crippen molar-refractivity contribution in [1.82, 2.24) is 0 Å². The van der Waals surface area contributed by atoms with Crippen LogP contribution in [0.5, 0.6) is 5.75 Å². The van der Waals surface area contributed by atoms with E-state index in [1.807, 2.05) is 0 Å². The fraction of sp³-hybridized carbons (Fsp3) is 0.444. The van der Waals surface area contributed by atoms with E-state index in [1.165, 1.54) is 7.11 Å². The summed E-state index contributed by atoms with van der Waals surface area (Å²) < 4.78 is 15.6. The number of ketones is 1. The van der Waals surface area contributed by atoms with E-state index in [2.05, 4.69) is 0 Å². The van der Waals surface area contributed by atoms with Crippen molar-refractivity contribution in [3.05, 3.63) is 34.9 Å². The summed E-state index contributed by atoms with van der Waals surface area (Å²) >= 11 is 0. The third kappa shape index (κ3) is 2.38. The molecule has 0 bridgehead atoms. The Morgan fingerprint density at radius 1 is 1.33 bits per heavy atom. The van der Waals surface area contributed by atoms with E-state index in [0.29, 0.717) is 42.9 Å². The lowest BCUT2D eigenvalue weighted by atomic mass is 9.64. The number of esters is 1. The predicted molar refractivity (Wildman–Crippen MR) is 85.9 cm³/mol. The van der Waals surface area contributed by atoms with Crippen LogP contribution in [-0.2, 0) is 24.5 Å². The quantitative estimate of drug-likeness (QED) is 0.675. The van der Waals surface area contributed by atoms with Crippen LogP contribution in [-0.4, -0.2) is 43.8 Å². The molecule has 0 amide bonds. The zero-order valence-corrected chi connectivity index (χ0v) is 13.8. The Kier molecular flexibility index (Phi) is 4.32. The van der Waals surface area contributed by atoms with E-state index in [4.69, 9.17) is 14.2 Å². The summed E-state index contributed by atoms with van der Waals surface area (Å²) in [5, 5.41) is 10.6. The van der Waals surface area contributed by atoms with Gasteiger partial charge >= 0.3 is 5.97 Å². The summed E-state index contributed by atoms with van der Waals surface area (Å²) in [6, 6.07) is 5.19. The van der Waals surface area contributed by atoms with Gasteiger partial charge in [-0.05, 0) is 37.5 Å². The van der Waals surface area contributed by atoms with Crippen LogP contribution in [0.15, 0.2) is 23.8 Å². The fourth-order valence-corrected chi connectivity index (χ4v) is 3.48. The van der Waals surface area contributed by atoms with Crippen LogP contribution in [0.25, 0.3) is 5.76 Å². The van der Waals surface area contributed by atoms with Crippen molar-refractivity contribution < 1.29 is 28.9 Å². The van der Waals surface area contributed by atoms with Gasteiger partial charge in [-0.1, -0.05) is 6.07 Å². The van der Waals surface area contributed by atoms with E-state index >= 15 is 0 Å². The second-order valence-corrected chi connectivity index (χ2v) is 5.88. The van der Waals surface area contributed by atoms with Gasteiger partial charge in [0.1, 0.15) is 17.1 Å². The van der Waals surface area contributed by atoms with Crippen LogP contribution in [0.4, 0.5) is 0 Å². The van der Waals surface area contributed by atoms with Crippen LogP contribution >= 0.6 is 0 Å². The van der Waals surface area contributed by atoms with Gasteiger partial charge in [-0.25, -0.2) is 4.79 Å². The monoisotopic (exact) mass is 332 g/mol. The molecule has 3 rings (SSSR count). The Hall–Kier alpha value is -2.34. The second-order valence-electron chi connectivity index (χ2n) is 5.88. The predicted octanol–water partition coefficient (Wildman–Crippen LogP) is 2.16. The number of carbonyl (C=O) groups excluding carboxylic acids is 2. The van der Waals surface area contributed by atoms with Gasteiger partial charge in [-0.2, -0.15) is 0 Å². The van der Waals surface area contributed by atoms with Gasteiger partial charge in [0.05, 0.1) is 19.1 Å². The van der Waals surface area contributed by atoms with Crippen LogP contribution in [0.1, 0.15) is 30.9 Å². The van der Waals surface area contributed by atoms with E-state index in [1.54, 1.807) is 25.1 Å². The third-order valence-electron chi connectivity index (χ3n) is 4.72. The highest BCUT2D eigenvalue weighted by atomic mass is 16.5. The third-order valence-corrected chi connectivity index (χ3v) is 4.72. The number of aliphatic hydroxyl groups excluding tert-OH is 1. The lowest BCUT2D eigenvalue weighted by Gasteiger charge is -2.40. The number of benzene rings is 1. The molecule has 2 aliphatic rings. The van der Waals surface area contributed by atoms with Gasteiger partial charge in [0, 0.05) is 18.8 Å². The minimum atomic E-state index is -0.867. The number of hydrogen-bond acceptors (Lipinski definition) is 6. The number of rotatable bonds is 3. The molecule has 1 aliphatic carbocycles. The van der Waals surface area contributed by atoms with Gasteiger partial charge in [0.2, 0.25) is 0 Å². The molecule has 1 aliphatic heterocycles. The average Bonchev–Trinajstić information content (AvgIpc) is 2.61. The first-order chi connectivity index (χ1) is 11.5. The SMILES string of the molecule is CCOC(=O)C1=C(O)c2cc(OC)ccc2C2(CCOCC2)C1=O. The lowest BCUT2D eigenvalue weighted by molar-refractivity contribution is -0.141. The maximum Gasteiger partial charge on any atom is 0.345 e. The fourth-order valence-electron chi connectivity index (χ4n) is 3.48. The minimum Gasteiger partial charge on any atom is -0.506 e. The molecule has 0 aromatic heterocycles. The molecule has 1 fully saturated rings. The maximum absolute atomic E-state index is 13.1. The van der Waals surface area contributed by atoms with Crippen molar-refractivity contribution in [2.24, 2.45) is 0 Å². The summed E-state index contributed by atoms with van der Waals surface area (Å²) in [5.74, 6) is -0.983. The van der Waals surface area contributed by atoms with Crippen molar-refractivity contribution in [3.63, 3.8) is 0 Å². The molecule has 1 spiro atoms. The van der Waals surface area contributed by atoms with Gasteiger partial charge in [0.25, 0.3) is 0 Å². The number of methoxy groups -OCH3 is 1. The van der Waals surface area contributed by atoms with Gasteiger partial charge in [-0.15, -0.1) is 0 Å². The van der Waals surface area contributed by atoms with Crippen LogP contribution in [0.3, 0.4) is 0 Å². The second kappa shape index (κ2) is 6.28. The standard InChI is InChI=1S/C18H20O6/c1-3-24-17(21)14-15(19)12-10-11(22-2)4-5-13(12)18(16(14)20)6-8-23-9-7-18/h4-5,10,19H,3,6-9H2,1-2H3. The molecular weight excluding hydrogens is 312 g/mol. The van der Waals surface area contributed by atoms with Crippen LogP contribution in [0.2, 0.25) is 0 Å². The summed E-state index contributed by atoms with van der Waals surface area (Å²) in [7, 11) is 1.52. The van der Waals surface area contributed by atoms with Crippen LogP contribution in [0, 0.1) is 0 Å². The molecule has 0 atom stereocenters. The molecule has 1 aromatic carbocycles. The Balaban J connectivity index is 2.23. The molecular formula is C18H20O6.